The molecule has 0 saturated heterocycles. The molecule has 2 aromatic rings. The lowest BCUT2D eigenvalue weighted by Crippen LogP contribution is -2.23. The van der Waals surface area contributed by atoms with E-state index in [1.807, 2.05) is 24.3 Å². The molecule has 0 aliphatic rings. The summed E-state index contributed by atoms with van der Waals surface area (Å²) in [4.78, 5) is 23.5. The van der Waals surface area contributed by atoms with Crippen molar-refractivity contribution in [1.82, 2.24) is 0 Å². The first kappa shape index (κ1) is 22.5. The van der Waals surface area contributed by atoms with E-state index < -0.39 is 11.9 Å². The molecule has 0 radical (unpaired) electrons. The van der Waals surface area contributed by atoms with E-state index in [1.54, 1.807) is 24.3 Å². The molecule has 0 bridgehead atoms. The predicted octanol–water partition coefficient (Wildman–Crippen LogP) is 4.61. The van der Waals surface area contributed by atoms with Crippen LogP contribution in [-0.4, -0.2) is 25.2 Å². The predicted molar refractivity (Wildman–Crippen MR) is 112 cm³/mol. The topological polar surface area (TPSA) is 61.8 Å². The van der Waals surface area contributed by atoms with E-state index in [1.165, 1.54) is 11.1 Å². The lowest BCUT2D eigenvalue weighted by atomic mass is 10.0. The van der Waals surface area contributed by atoms with Crippen molar-refractivity contribution in [3.8, 4) is 11.5 Å². The number of benzene rings is 2. The van der Waals surface area contributed by atoms with Gasteiger partial charge in [-0.3, -0.25) is 0 Å². The Balaban J connectivity index is 1.70. The van der Waals surface area contributed by atoms with Gasteiger partial charge in [-0.1, -0.05) is 52.0 Å². The van der Waals surface area contributed by atoms with Gasteiger partial charge in [-0.2, -0.15) is 0 Å². The highest BCUT2D eigenvalue weighted by molar-refractivity contribution is 5.86. The van der Waals surface area contributed by atoms with Gasteiger partial charge in [0.1, 0.15) is 11.5 Å². The minimum absolute atomic E-state index is 0.334. The second-order valence-electron chi connectivity index (χ2n) is 7.91. The standard InChI is InChI=1S/C24H30O5/c1-17(2)13-19-5-9-21(10-6-19)27-15-23(25)29-24(26)16-28-22-11-7-20(8-12-22)14-18(3)4/h5-12,17-18H,13-16H2,1-4H3. The molecule has 0 fully saturated rings. The van der Waals surface area contributed by atoms with Crippen LogP contribution in [0.5, 0.6) is 11.5 Å². The molecule has 0 N–H and O–H groups in total. The smallest absolute Gasteiger partial charge is 0.351 e. The minimum Gasteiger partial charge on any atom is -0.482 e. The number of carbonyl (C=O) groups excluding carboxylic acids is 2. The third-order valence-corrected chi connectivity index (χ3v) is 4.08. The fourth-order valence-corrected chi connectivity index (χ4v) is 2.86. The Kier molecular flexibility index (Phi) is 8.71. The summed E-state index contributed by atoms with van der Waals surface area (Å²) in [6.07, 6.45) is 1.97. The fourth-order valence-electron chi connectivity index (χ4n) is 2.86. The molecule has 0 heterocycles. The van der Waals surface area contributed by atoms with E-state index in [0.29, 0.717) is 23.3 Å². The molecule has 5 heteroatoms. The quantitative estimate of drug-likeness (QED) is 0.432. The highest BCUT2D eigenvalue weighted by atomic mass is 16.6. The van der Waals surface area contributed by atoms with Crippen LogP contribution in [0.15, 0.2) is 48.5 Å². The van der Waals surface area contributed by atoms with Gasteiger partial charge in [0.15, 0.2) is 13.2 Å². The highest BCUT2D eigenvalue weighted by Crippen LogP contribution is 2.16. The molecule has 0 saturated carbocycles. The zero-order valence-corrected chi connectivity index (χ0v) is 17.6. The molecule has 2 aromatic carbocycles. The number of rotatable bonds is 10. The molecule has 0 aromatic heterocycles. The van der Waals surface area contributed by atoms with Crippen LogP contribution in [0.25, 0.3) is 0 Å². The van der Waals surface area contributed by atoms with E-state index in [-0.39, 0.29) is 13.2 Å². The second-order valence-corrected chi connectivity index (χ2v) is 7.91. The van der Waals surface area contributed by atoms with Gasteiger partial charge in [0.2, 0.25) is 0 Å². The second kappa shape index (κ2) is 11.2. The average molecular weight is 398 g/mol. The Hall–Kier alpha value is -2.82. The molecule has 156 valence electrons. The first-order valence-corrected chi connectivity index (χ1v) is 9.98. The van der Waals surface area contributed by atoms with Crippen molar-refractivity contribution in [2.24, 2.45) is 11.8 Å². The van der Waals surface area contributed by atoms with Gasteiger partial charge >= 0.3 is 11.9 Å². The highest BCUT2D eigenvalue weighted by Gasteiger charge is 2.12. The molecule has 0 aliphatic heterocycles. The molecule has 0 spiro atoms. The van der Waals surface area contributed by atoms with Crippen LogP contribution in [0.3, 0.4) is 0 Å². The van der Waals surface area contributed by atoms with Crippen LogP contribution < -0.4 is 9.47 Å². The van der Waals surface area contributed by atoms with Crippen LogP contribution in [0.2, 0.25) is 0 Å². The number of hydrogen-bond donors (Lipinski definition) is 0. The zero-order valence-electron chi connectivity index (χ0n) is 17.6. The van der Waals surface area contributed by atoms with Crippen molar-refractivity contribution in [3.05, 3.63) is 59.7 Å². The van der Waals surface area contributed by atoms with Gasteiger partial charge in [-0.15, -0.1) is 0 Å². The van der Waals surface area contributed by atoms with Crippen molar-refractivity contribution in [2.75, 3.05) is 13.2 Å². The van der Waals surface area contributed by atoms with Gasteiger partial charge < -0.3 is 14.2 Å². The summed E-state index contributed by atoms with van der Waals surface area (Å²) in [6.45, 7) is 7.95. The summed E-state index contributed by atoms with van der Waals surface area (Å²) in [5, 5.41) is 0. The van der Waals surface area contributed by atoms with Gasteiger partial charge in [-0.05, 0) is 60.1 Å². The molecule has 0 atom stereocenters. The third kappa shape index (κ3) is 8.81. The zero-order chi connectivity index (χ0) is 21.2. The van der Waals surface area contributed by atoms with Crippen molar-refractivity contribution in [1.29, 1.82) is 0 Å². The SMILES string of the molecule is CC(C)Cc1ccc(OCC(=O)OC(=O)COc2ccc(CC(C)C)cc2)cc1. The number of esters is 2. The summed E-state index contributed by atoms with van der Waals surface area (Å²) < 4.78 is 15.5. The van der Waals surface area contributed by atoms with Crippen LogP contribution in [0.1, 0.15) is 38.8 Å². The Bertz CT molecular complexity index is 708. The fraction of sp³-hybridized carbons (Fsp3) is 0.417. The lowest BCUT2D eigenvalue weighted by Gasteiger charge is -2.09. The summed E-state index contributed by atoms with van der Waals surface area (Å²) in [5.74, 6) is 0.750. The van der Waals surface area contributed by atoms with Gasteiger partial charge in [0, 0.05) is 0 Å². The Morgan fingerprint density at radius 2 is 1.00 bits per heavy atom. The number of ether oxygens (including phenoxy) is 3. The van der Waals surface area contributed by atoms with Gasteiger partial charge in [0.25, 0.3) is 0 Å². The summed E-state index contributed by atoms with van der Waals surface area (Å²) in [5.41, 5.74) is 2.42. The summed E-state index contributed by atoms with van der Waals surface area (Å²) in [7, 11) is 0. The Labute approximate surface area is 173 Å². The molecular weight excluding hydrogens is 368 g/mol. The van der Waals surface area contributed by atoms with Crippen molar-refractivity contribution in [2.45, 2.75) is 40.5 Å². The van der Waals surface area contributed by atoms with Crippen LogP contribution in [-0.2, 0) is 27.2 Å². The van der Waals surface area contributed by atoms with Gasteiger partial charge in [-0.25, -0.2) is 9.59 Å². The van der Waals surface area contributed by atoms with Crippen LogP contribution in [0, 0.1) is 11.8 Å². The maximum Gasteiger partial charge on any atom is 0.351 e. The maximum atomic E-state index is 11.8. The minimum atomic E-state index is -0.753. The number of carbonyl (C=O) groups is 2. The van der Waals surface area contributed by atoms with E-state index >= 15 is 0 Å². The first-order chi connectivity index (χ1) is 13.8. The molecule has 0 amide bonds. The van der Waals surface area contributed by atoms with E-state index in [2.05, 4.69) is 27.7 Å². The third-order valence-electron chi connectivity index (χ3n) is 4.08. The maximum absolute atomic E-state index is 11.8. The Morgan fingerprint density at radius 3 is 1.31 bits per heavy atom. The van der Waals surface area contributed by atoms with Crippen molar-refractivity contribution in [3.63, 3.8) is 0 Å². The largest absolute Gasteiger partial charge is 0.482 e. The molecule has 0 aliphatic carbocycles. The molecule has 29 heavy (non-hydrogen) atoms. The average Bonchev–Trinajstić information content (AvgIpc) is 2.66. The molecule has 5 nitrogen and oxygen atoms in total. The van der Waals surface area contributed by atoms with Crippen molar-refractivity contribution < 1.29 is 23.8 Å². The first-order valence-electron chi connectivity index (χ1n) is 9.98. The number of hydrogen-bond acceptors (Lipinski definition) is 5. The Morgan fingerprint density at radius 1 is 0.655 bits per heavy atom. The monoisotopic (exact) mass is 398 g/mol. The van der Waals surface area contributed by atoms with E-state index in [9.17, 15) is 9.59 Å². The van der Waals surface area contributed by atoms with Crippen molar-refractivity contribution >= 4 is 11.9 Å². The van der Waals surface area contributed by atoms with Gasteiger partial charge in [0.05, 0.1) is 0 Å². The summed E-state index contributed by atoms with van der Waals surface area (Å²) in [6, 6.07) is 15.1. The van der Waals surface area contributed by atoms with E-state index in [4.69, 9.17) is 14.2 Å². The molecule has 2 rings (SSSR count). The lowest BCUT2D eigenvalue weighted by molar-refractivity contribution is -0.162. The van der Waals surface area contributed by atoms with Crippen LogP contribution >= 0.6 is 0 Å². The normalized spacial score (nSPS) is 10.8. The van der Waals surface area contributed by atoms with E-state index in [0.717, 1.165) is 12.8 Å². The molecular formula is C24H30O5. The van der Waals surface area contributed by atoms with Crippen LogP contribution in [0.4, 0.5) is 0 Å². The molecule has 0 unspecified atom stereocenters. The summed E-state index contributed by atoms with van der Waals surface area (Å²) >= 11 is 0.